The Hall–Kier alpha value is -1.22. The lowest BCUT2D eigenvalue weighted by molar-refractivity contribution is 0.0781. The summed E-state index contributed by atoms with van der Waals surface area (Å²) >= 11 is 0. The Morgan fingerprint density at radius 3 is 2.30 bits per heavy atom. The van der Waals surface area contributed by atoms with E-state index in [9.17, 15) is 12.8 Å². The Balaban J connectivity index is 1.79. The molecule has 1 aromatic rings. The van der Waals surface area contributed by atoms with Gasteiger partial charge >= 0.3 is 0 Å². The second-order valence-corrected chi connectivity index (χ2v) is 7.37. The van der Waals surface area contributed by atoms with Crippen molar-refractivity contribution in [2.24, 2.45) is 0 Å². The Morgan fingerprint density at radius 2 is 1.70 bits per heavy atom. The average molecular weight is 346 g/mol. The molecular formula is C15H23FN2O4S. The van der Waals surface area contributed by atoms with Crippen molar-refractivity contribution in [1.29, 1.82) is 0 Å². The molecule has 1 saturated heterocycles. The number of halogens is 1. The highest BCUT2D eigenvalue weighted by molar-refractivity contribution is 7.89. The van der Waals surface area contributed by atoms with Gasteiger partial charge in [0.25, 0.3) is 0 Å². The minimum atomic E-state index is -3.30. The number of nitrogens with zero attached hydrogens (tertiary/aromatic N) is 2. The zero-order valence-electron chi connectivity index (χ0n) is 13.3. The van der Waals surface area contributed by atoms with Crippen molar-refractivity contribution < 1.29 is 22.3 Å². The van der Waals surface area contributed by atoms with Gasteiger partial charge in [-0.25, -0.2) is 12.8 Å². The Labute approximate surface area is 136 Å². The standard InChI is InChI=1S/C15H23FN2O4S/c1-21-10-11-22-12-13-23(19,20)18-8-6-17(7-9-18)15-4-2-14(16)3-5-15/h2-5H,6-13H2,1H3. The number of sulfonamides is 1. The van der Waals surface area contributed by atoms with Gasteiger partial charge in [0.2, 0.25) is 10.0 Å². The molecule has 1 fully saturated rings. The van der Waals surface area contributed by atoms with Crippen LogP contribution in [-0.4, -0.2) is 71.6 Å². The number of ether oxygens (including phenoxy) is 2. The van der Waals surface area contributed by atoms with Crippen LogP contribution in [0.4, 0.5) is 10.1 Å². The Bertz CT molecular complexity index is 572. The molecule has 0 unspecified atom stereocenters. The SMILES string of the molecule is COCCOCCS(=O)(=O)N1CCN(c2ccc(F)cc2)CC1. The summed E-state index contributed by atoms with van der Waals surface area (Å²) in [7, 11) is -1.73. The van der Waals surface area contributed by atoms with Crippen LogP contribution in [0.2, 0.25) is 0 Å². The van der Waals surface area contributed by atoms with Gasteiger partial charge < -0.3 is 14.4 Å². The highest BCUT2D eigenvalue weighted by Crippen LogP contribution is 2.18. The van der Waals surface area contributed by atoms with Crippen molar-refractivity contribution in [3.8, 4) is 0 Å². The van der Waals surface area contributed by atoms with Gasteiger partial charge in [0.15, 0.2) is 0 Å². The molecule has 1 aliphatic rings. The second-order valence-electron chi connectivity index (χ2n) is 5.28. The summed E-state index contributed by atoms with van der Waals surface area (Å²) in [5.74, 6) is -0.295. The first-order chi connectivity index (χ1) is 11.0. The van der Waals surface area contributed by atoms with E-state index in [1.807, 2.05) is 0 Å². The van der Waals surface area contributed by atoms with Crippen molar-refractivity contribution in [2.45, 2.75) is 0 Å². The molecule has 1 aromatic carbocycles. The quantitative estimate of drug-likeness (QED) is 0.656. The van der Waals surface area contributed by atoms with E-state index < -0.39 is 10.0 Å². The molecule has 0 aromatic heterocycles. The molecule has 2 rings (SSSR count). The molecule has 23 heavy (non-hydrogen) atoms. The maximum Gasteiger partial charge on any atom is 0.216 e. The second kappa shape index (κ2) is 8.58. The first-order valence-corrected chi connectivity index (χ1v) is 9.19. The van der Waals surface area contributed by atoms with Crippen molar-refractivity contribution in [1.82, 2.24) is 4.31 Å². The van der Waals surface area contributed by atoms with Gasteiger partial charge in [-0.15, -0.1) is 0 Å². The van der Waals surface area contributed by atoms with Crippen LogP contribution in [-0.2, 0) is 19.5 Å². The van der Waals surface area contributed by atoms with E-state index >= 15 is 0 Å². The number of rotatable bonds is 8. The van der Waals surface area contributed by atoms with Gasteiger partial charge in [-0.2, -0.15) is 4.31 Å². The number of methoxy groups -OCH3 is 1. The van der Waals surface area contributed by atoms with Crippen LogP contribution >= 0.6 is 0 Å². The minimum absolute atomic E-state index is 0.0206. The molecule has 8 heteroatoms. The van der Waals surface area contributed by atoms with Crippen LogP contribution in [0.5, 0.6) is 0 Å². The van der Waals surface area contributed by atoms with Gasteiger partial charge in [-0.05, 0) is 24.3 Å². The molecule has 0 spiro atoms. The van der Waals surface area contributed by atoms with Crippen molar-refractivity contribution in [3.05, 3.63) is 30.1 Å². The van der Waals surface area contributed by atoms with E-state index in [1.54, 1.807) is 19.2 Å². The first-order valence-electron chi connectivity index (χ1n) is 7.58. The van der Waals surface area contributed by atoms with Gasteiger partial charge in [-0.1, -0.05) is 0 Å². The van der Waals surface area contributed by atoms with E-state index in [2.05, 4.69) is 4.90 Å². The van der Waals surface area contributed by atoms with Crippen molar-refractivity contribution in [2.75, 3.05) is 63.8 Å². The molecule has 0 saturated carbocycles. The molecule has 0 amide bonds. The Morgan fingerprint density at radius 1 is 1.04 bits per heavy atom. The van der Waals surface area contributed by atoms with Crippen LogP contribution in [0.3, 0.4) is 0 Å². The fourth-order valence-corrected chi connectivity index (χ4v) is 3.72. The number of benzene rings is 1. The Kier molecular flexibility index (Phi) is 6.76. The molecule has 0 bridgehead atoms. The summed E-state index contributed by atoms with van der Waals surface area (Å²) in [6.07, 6.45) is 0. The normalized spacial score (nSPS) is 16.7. The van der Waals surface area contributed by atoms with Crippen LogP contribution in [0.25, 0.3) is 0 Å². The van der Waals surface area contributed by atoms with Crippen molar-refractivity contribution >= 4 is 15.7 Å². The van der Waals surface area contributed by atoms with E-state index in [4.69, 9.17) is 9.47 Å². The monoisotopic (exact) mass is 346 g/mol. The summed E-state index contributed by atoms with van der Waals surface area (Å²) in [6, 6.07) is 6.25. The largest absolute Gasteiger partial charge is 0.382 e. The molecule has 0 radical (unpaired) electrons. The van der Waals surface area contributed by atoms with Gasteiger partial charge in [-0.3, -0.25) is 0 Å². The molecule has 0 atom stereocenters. The number of piperazine rings is 1. The van der Waals surface area contributed by atoms with E-state index in [0.717, 1.165) is 5.69 Å². The topological polar surface area (TPSA) is 59.1 Å². The summed E-state index contributed by atoms with van der Waals surface area (Å²) < 4.78 is 49.0. The van der Waals surface area contributed by atoms with Crippen LogP contribution in [0.15, 0.2) is 24.3 Å². The smallest absolute Gasteiger partial charge is 0.216 e. The highest BCUT2D eigenvalue weighted by Gasteiger charge is 2.26. The lowest BCUT2D eigenvalue weighted by Gasteiger charge is -2.35. The van der Waals surface area contributed by atoms with E-state index in [1.165, 1.54) is 16.4 Å². The minimum Gasteiger partial charge on any atom is -0.382 e. The zero-order valence-corrected chi connectivity index (χ0v) is 14.1. The van der Waals surface area contributed by atoms with Crippen molar-refractivity contribution in [3.63, 3.8) is 0 Å². The first kappa shape index (κ1) is 18.1. The third-order valence-electron chi connectivity index (χ3n) is 3.74. The van der Waals surface area contributed by atoms with Crippen LogP contribution in [0.1, 0.15) is 0 Å². The van der Waals surface area contributed by atoms with E-state index in [-0.39, 0.29) is 18.2 Å². The summed E-state index contributed by atoms with van der Waals surface area (Å²) in [5, 5.41) is 0. The summed E-state index contributed by atoms with van der Waals surface area (Å²) in [5.41, 5.74) is 0.909. The third-order valence-corrected chi connectivity index (χ3v) is 5.58. The predicted molar refractivity (Wildman–Crippen MR) is 86.7 cm³/mol. The molecule has 0 aliphatic carbocycles. The number of hydrogen-bond donors (Lipinski definition) is 0. The lowest BCUT2D eigenvalue weighted by atomic mass is 10.2. The molecule has 1 aliphatic heterocycles. The molecule has 0 N–H and O–H groups in total. The van der Waals surface area contributed by atoms with E-state index in [0.29, 0.717) is 39.4 Å². The molecule has 130 valence electrons. The predicted octanol–water partition coefficient (Wildman–Crippen LogP) is 0.941. The fraction of sp³-hybridized carbons (Fsp3) is 0.600. The summed E-state index contributed by atoms with van der Waals surface area (Å²) in [4.78, 5) is 2.06. The lowest BCUT2D eigenvalue weighted by Crippen LogP contribution is -2.49. The van der Waals surface area contributed by atoms with Crippen LogP contribution < -0.4 is 4.90 Å². The molecule has 6 nitrogen and oxygen atoms in total. The number of hydrogen-bond acceptors (Lipinski definition) is 5. The van der Waals surface area contributed by atoms with Gasteiger partial charge in [0, 0.05) is 39.0 Å². The maximum atomic E-state index is 12.9. The molecular weight excluding hydrogens is 323 g/mol. The zero-order chi connectivity index (χ0) is 16.7. The fourth-order valence-electron chi connectivity index (χ4n) is 2.41. The third kappa shape index (κ3) is 5.42. The number of anilines is 1. The van der Waals surface area contributed by atoms with Gasteiger partial charge in [0.1, 0.15) is 5.82 Å². The van der Waals surface area contributed by atoms with Gasteiger partial charge in [0.05, 0.1) is 25.6 Å². The summed E-state index contributed by atoms with van der Waals surface area (Å²) in [6.45, 7) is 3.06. The average Bonchev–Trinajstić information content (AvgIpc) is 2.55. The van der Waals surface area contributed by atoms with Crippen LogP contribution in [0, 0.1) is 5.82 Å². The highest BCUT2D eigenvalue weighted by atomic mass is 32.2. The maximum absolute atomic E-state index is 12.9. The molecule has 1 heterocycles.